The second kappa shape index (κ2) is 6.30. The molecule has 0 radical (unpaired) electrons. The van der Waals surface area contributed by atoms with E-state index in [9.17, 15) is 4.79 Å². The van der Waals surface area contributed by atoms with Crippen molar-refractivity contribution in [1.29, 1.82) is 0 Å². The van der Waals surface area contributed by atoms with E-state index in [0.29, 0.717) is 6.61 Å². The van der Waals surface area contributed by atoms with E-state index in [1.165, 1.54) is 0 Å². The maximum atomic E-state index is 12.2. The molecule has 1 aliphatic rings. The zero-order valence-corrected chi connectivity index (χ0v) is 13.2. The van der Waals surface area contributed by atoms with E-state index >= 15 is 0 Å². The molecule has 2 N–H and O–H groups in total. The molecule has 1 fully saturated rings. The van der Waals surface area contributed by atoms with Crippen molar-refractivity contribution in [1.82, 2.24) is 0 Å². The predicted octanol–water partition coefficient (Wildman–Crippen LogP) is 2.51. The van der Waals surface area contributed by atoms with Crippen LogP contribution in [-0.2, 0) is 4.79 Å². The normalized spacial score (nSPS) is 20.1. The predicted molar refractivity (Wildman–Crippen MR) is 88.8 cm³/mol. The summed E-state index contributed by atoms with van der Waals surface area (Å²) in [5, 5.41) is 0. The van der Waals surface area contributed by atoms with E-state index in [1.807, 2.05) is 55.5 Å². The van der Waals surface area contributed by atoms with Crippen LogP contribution in [0.1, 0.15) is 18.5 Å². The molecule has 120 valence electrons. The highest BCUT2D eigenvalue weighted by Gasteiger charge is 2.46. The average Bonchev–Trinajstić information content (AvgIpc) is 2.60. The van der Waals surface area contributed by atoms with Gasteiger partial charge in [-0.3, -0.25) is 4.79 Å². The van der Waals surface area contributed by atoms with Gasteiger partial charge < -0.3 is 20.1 Å². The smallest absolute Gasteiger partial charge is 0.247 e. The van der Waals surface area contributed by atoms with Crippen molar-refractivity contribution in [2.24, 2.45) is 5.73 Å². The Balaban J connectivity index is 1.89. The number of nitrogens with zero attached hydrogens (tertiary/aromatic N) is 1. The summed E-state index contributed by atoms with van der Waals surface area (Å²) in [5.74, 6) is 1.45. The number of ether oxygens (including phenoxy) is 2. The minimum Gasteiger partial charge on any atom is -0.497 e. The molecule has 23 heavy (non-hydrogen) atoms. The van der Waals surface area contributed by atoms with Gasteiger partial charge in [0.2, 0.25) is 5.91 Å². The van der Waals surface area contributed by atoms with Crippen LogP contribution in [0.5, 0.6) is 11.5 Å². The van der Waals surface area contributed by atoms with Gasteiger partial charge in [-0.15, -0.1) is 0 Å². The molecule has 0 saturated carbocycles. The average molecular weight is 312 g/mol. The van der Waals surface area contributed by atoms with E-state index < -0.39 is 6.04 Å². The molecule has 5 nitrogen and oxygen atoms in total. The summed E-state index contributed by atoms with van der Waals surface area (Å²) < 4.78 is 10.7. The first kappa shape index (κ1) is 15.4. The SMILES string of the molecule is CCOc1ccc(N2C(=O)[C@H](N)[C@@H]2c2cccc(OC)c2)cc1. The number of β-lactam (4-membered cyclic amide) rings is 1. The van der Waals surface area contributed by atoms with Crippen LogP contribution < -0.4 is 20.1 Å². The minimum atomic E-state index is -0.534. The Labute approximate surface area is 135 Å². The van der Waals surface area contributed by atoms with Crippen LogP contribution in [0.2, 0.25) is 0 Å². The fraction of sp³-hybridized carbons (Fsp3) is 0.278. The lowest BCUT2D eigenvalue weighted by molar-refractivity contribution is -0.126. The first-order valence-electron chi connectivity index (χ1n) is 7.61. The Morgan fingerprint density at radius 1 is 1.13 bits per heavy atom. The standard InChI is InChI=1S/C18H20N2O3/c1-3-23-14-9-7-13(8-10-14)20-17(16(19)18(20)21)12-5-4-6-15(11-12)22-2/h4-11,16-17H,3,19H2,1-2H3/t16-,17+/m1/s1. The quantitative estimate of drug-likeness (QED) is 0.862. The molecule has 2 aromatic rings. The molecule has 0 aromatic heterocycles. The van der Waals surface area contributed by atoms with Gasteiger partial charge in [0.15, 0.2) is 0 Å². The van der Waals surface area contributed by atoms with Crippen LogP contribution in [0.15, 0.2) is 48.5 Å². The molecule has 2 aromatic carbocycles. The van der Waals surface area contributed by atoms with Crippen LogP contribution >= 0.6 is 0 Å². The first-order chi connectivity index (χ1) is 11.2. The molecular formula is C18H20N2O3. The summed E-state index contributed by atoms with van der Waals surface area (Å²) in [6.07, 6.45) is 0. The minimum absolute atomic E-state index is 0.0815. The van der Waals surface area contributed by atoms with Gasteiger partial charge in [-0.2, -0.15) is 0 Å². The number of hydrogen-bond acceptors (Lipinski definition) is 4. The van der Waals surface area contributed by atoms with Crippen molar-refractivity contribution in [2.45, 2.75) is 19.0 Å². The largest absolute Gasteiger partial charge is 0.497 e. The van der Waals surface area contributed by atoms with Gasteiger partial charge in [-0.1, -0.05) is 12.1 Å². The third-order valence-corrected chi connectivity index (χ3v) is 4.00. The summed E-state index contributed by atoms with van der Waals surface area (Å²) >= 11 is 0. The van der Waals surface area contributed by atoms with Crippen LogP contribution in [0, 0.1) is 0 Å². The number of carbonyl (C=O) groups is 1. The Morgan fingerprint density at radius 2 is 1.87 bits per heavy atom. The van der Waals surface area contributed by atoms with Crippen molar-refractivity contribution in [3.8, 4) is 11.5 Å². The second-order valence-corrected chi connectivity index (χ2v) is 5.38. The molecule has 5 heteroatoms. The van der Waals surface area contributed by atoms with Crippen LogP contribution in [0.25, 0.3) is 0 Å². The van der Waals surface area contributed by atoms with Gasteiger partial charge in [-0.05, 0) is 48.9 Å². The monoisotopic (exact) mass is 312 g/mol. The van der Waals surface area contributed by atoms with Gasteiger partial charge in [-0.25, -0.2) is 0 Å². The molecule has 2 atom stereocenters. The zero-order valence-electron chi connectivity index (χ0n) is 13.2. The summed E-state index contributed by atoms with van der Waals surface area (Å²) in [5.41, 5.74) is 7.81. The third-order valence-electron chi connectivity index (χ3n) is 4.00. The Kier molecular flexibility index (Phi) is 4.21. The highest BCUT2D eigenvalue weighted by Crippen LogP contribution is 2.39. The number of benzene rings is 2. The zero-order chi connectivity index (χ0) is 16.4. The summed E-state index contributed by atoms with van der Waals surface area (Å²) in [4.78, 5) is 14.0. The van der Waals surface area contributed by atoms with E-state index in [-0.39, 0.29) is 11.9 Å². The molecule has 1 amide bonds. The highest BCUT2D eigenvalue weighted by atomic mass is 16.5. The molecule has 1 heterocycles. The Bertz CT molecular complexity index is 700. The van der Waals surface area contributed by atoms with Gasteiger partial charge >= 0.3 is 0 Å². The summed E-state index contributed by atoms with van der Waals surface area (Å²) in [6.45, 7) is 2.55. The van der Waals surface area contributed by atoms with Crippen molar-refractivity contribution in [3.63, 3.8) is 0 Å². The maximum absolute atomic E-state index is 12.2. The van der Waals surface area contributed by atoms with Gasteiger partial charge in [0.25, 0.3) is 0 Å². The van der Waals surface area contributed by atoms with Crippen LogP contribution in [-0.4, -0.2) is 25.7 Å². The number of rotatable bonds is 5. The highest BCUT2D eigenvalue weighted by molar-refractivity contribution is 6.05. The van der Waals surface area contributed by atoms with Crippen molar-refractivity contribution < 1.29 is 14.3 Å². The fourth-order valence-corrected chi connectivity index (χ4v) is 2.85. The molecular weight excluding hydrogens is 292 g/mol. The van der Waals surface area contributed by atoms with Crippen molar-refractivity contribution in [2.75, 3.05) is 18.6 Å². The molecule has 0 aliphatic carbocycles. The van der Waals surface area contributed by atoms with Crippen molar-refractivity contribution >= 4 is 11.6 Å². The molecule has 0 unspecified atom stereocenters. The fourth-order valence-electron chi connectivity index (χ4n) is 2.85. The van der Waals surface area contributed by atoms with Gasteiger partial charge in [0.05, 0.1) is 19.8 Å². The number of methoxy groups -OCH3 is 1. The molecule has 0 spiro atoms. The topological polar surface area (TPSA) is 64.8 Å². The number of carbonyl (C=O) groups excluding carboxylic acids is 1. The lowest BCUT2D eigenvalue weighted by Gasteiger charge is -2.45. The van der Waals surface area contributed by atoms with Crippen molar-refractivity contribution in [3.05, 3.63) is 54.1 Å². The first-order valence-corrected chi connectivity index (χ1v) is 7.61. The van der Waals surface area contributed by atoms with Gasteiger partial charge in [0.1, 0.15) is 17.5 Å². The molecule has 0 bridgehead atoms. The second-order valence-electron chi connectivity index (χ2n) is 5.38. The molecule has 1 aliphatic heterocycles. The van der Waals surface area contributed by atoms with E-state index in [0.717, 1.165) is 22.7 Å². The van der Waals surface area contributed by atoms with E-state index in [4.69, 9.17) is 15.2 Å². The van der Waals surface area contributed by atoms with Crippen LogP contribution in [0.3, 0.4) is 0 Å². The summed E-state index contributed by atoms with van der Waals surface area (Å²) in [7, 11) is 1.62. The van der Waals surface area contributed by atoms with E-state index in [2.05, 4.69) is 0 Å². The number of anilines is 1. The van der Waals surface area contributed by atoms with E-state index in [1.54, 1.807) is 12.0 Å². The molecule has 3 rings (SSSR count). The Morgan fingerprint density at radius 3 is 2.52 bits per heavy atom. The maximum Gasteiger partial charge on any atom is 0.247 e. The van der Waals surface area contributed by atoms with Crippen LogP contribution in [0.4, 0.5) is 5.69 Å². The van der Waals surface area contributed by atoms with Gasteiger partial charge in [0, 0.05) is 5.69 Å². The lowest BCUT2D eigenvalue weighted by atomic mass is 9.88. The number of hydrogen-bond donors (Lipinski definition) is 1. The number of amides is 1. The summed E-state index contributed by atoms with van der Waals surface area (Å²) in [6, 6.07) is 14.4. The lowest BCUT2D eigenvalue weighted by Crippen LogP contribution is -2.63. The number of nitrogens with two attached hydrogens (primary N) is 1. The molecule has 1 saturated heterocycles. The Hall–Kier alpha value is -2.53. The third kappa shape index (κ3) is 2.75.